The molecule has 1 aromatic heterocycles. The summed E-state index contributed by atoms with van der Waals surface area (Å²) in [6.45, 7) is 6.66. The highest BCUT2D eigenvalue weighted by Crippen LogP contribution is 2.30. The molecule has 6 nitrogen and oxygen atoms in total. The summed E-state index contributed by atoms with van der Waals surface area (Å²) in [5.74, 6) is -0.273. The third kappa shape index (κ3) is 3.95. The van der Waals surface area contributed by atoms with E-state index in [0.29, 0.717) is 11.5 Å². The van der Waals surface area contributed by atoms with Gasteiger partial charge in [-0.3, -0.25) is 4.79 Å². The molecule has 1 aliphatic carbocycles. The van der Waals surface area contributed by atoms with Gasteiger partial charge in [0.15, 0.2) is 5.69 Å². The van der Waals surface area contributed by atoms with Crippen molar-refractivity contribution in [2.45, 2.75) is 51.6 Å². The molecule has 0 N–H and O–H groups in total. The fraction of sp³-hybridized carbons (Fsp3) is 0.450. The number of oxazole rings is 1. The zero-order valence-corrected chi connectivity index (χ0v) is 15.6. The smallest absolute Gasteiger partial charge is 0.360 e. The van der Waals surface area contributed by atoms with E-state index >= 15 is 0 Å². The van der Waals surface area contributed by atoms with E-state index in [1.165, 1.54) is 18.9 Å². The van der Waals surface area contributed by atoms with Crippen LogP contribution in [-0.2, 0) is 16.7 Å². The van der Waals surface area contributed by atoms with E-state index in [1.807, 2.05) is 24.3 Å². The van der Waals surface area contributed by atoms with E-state index in [4.69, 9.17) is 4.42 Å². The third-order valence-corrected chi connectivity index (χ3v) is 4.50. The van der Waals surface area contributed by atoms with Crippen LogP contribution >= 0.6 is 0 Å². The number of carbonyl (C=O) groups excluding carboxylic acids is 2. The number of aromatic nitrogens is 1. The predicted molar refractivity (Wildman–Crippen MR) is 95.9 cm³/mol. The number of amides is 1. The highest BCUT2D eigenvalue weighted by molar-refractivity contribution is 5.94. The first-order valence-corrected chi connectivity index (χ1v) is 8.74. The fourth-order valence-corrected chi connectivity index (χ4v) is 2.76. The van der Waals surface area contributed by atoms with Crippen LogP contribution in [0.3, 0.4) is 0 Å². The number of hydrogen-bond donors (Lipinski definition) is 0. The Morgan fingerprint density at radius 2 is 1.88 bits per heavy atom. The lowest BCUT2D eigenvalue weighted by molar-refractivity contribution is 0.0594. The number of carbonyl (C=O) groups is 2. The molecule has 1 saturated carbocycles. The number of hydrogen-bond acceptors (Lipinski definition) is 5. The lowest BCUT2D eigenvalue weighted by Gasteiger charge is -2.22. The molecule has 0 unspecified atom stereocenters. The molecule has 0 saturated heterocycles. The van der Waals surface area contributed by atoms with Gasteiger partial charge in [0.25, 0.3) is 5.91 Å². The van der Waals surface area contributed by atoms with Crippen molar-refractivity contribution in [3.8, 4) is 0 Å². The maximum atomic E-state index is 13.0. The van der Waals surface area contributed by atoms with Crippen LogP contribution in [0.15, 0.2) is 34.9 Å². The van der Waals surface area contributed by atoms with Gasteiger partial charge in [-0.25, -0.2) is 9.78 Å². The minimum absolute atomic E-state index is 0.0418. The molecule has 1 aromatic carbocycles. The first-order chi connectivity index (χ1) is 12.3. The summed E-state index contributed by atoms with van der Waals surface area (Å²) in [5.41, 5.74) is 1.98. The molecule has 6 heteroatoms. The van der Waals surface area contributed by atoms with Crippen molar-refractivity contribution in [3.05, 3.63) is 53.2 Å². The highest BCUT2D eigenvalue weighted by Gasteiger charge is 2.34. The Kier molecular flexibility index (Phi) is 4.85. The molecule has 0 aliphatic heterocycles. The van der Waals surface area contributed by atoms with E-state index in [2.05, 4.69) is 30.5 Å². The summed E-state index contributed by atoms with van der Waals surface area (Å²) in [5, 5.41) is 0. The molecule has 1 amide bonds. The summed E-state index contributed by atoms with van der Waals surface area (Å²) in [6.07, 6.45) is 3.20. The summed E-state index contributed by atoms with van der Waals surface area (Å²) < 4.78 is 9.97. The standard InChI is InChI=1S/C20H24N2O4/c1-20(2,3)14-7-5-13(6-8-14)18(23)22(15-9-10-15)11-17-21-16(12-26-17)19(24)25-4/h5-8,12,15H,9-11H2,1-4H3. The minimum atomic E-state index is -0.554. The Morgan fingerprint density at radius 1 is 1.23 bits per heavy atom. The summed E-state index contributed by atoms with van der Waals surface area (Å²) in [6, 6.07) is 7.93. The van der Waals surface area contributed by atoms with Crippen molar-refractivity contribution in [3.63, 3.8) is 0 Å². The largest absolute Gasteiger partial charge is 0.464 e. The summed E-state index contributed by atoms with van der Waals surface area (Å²) in [4.78, 5) is 30.3. The van der Waals surface area contributed by atoms with Crippen LogP contribution in [0.4, 0.5) is 0 Å². The van der Waals surface area contributed by atoms with Crippen LogP contribution in [-0.4, -0.2) is 34.9 Å². The number of rotatable bonds is 5. The first-order valence-electron chi connectivity index (χ1n) is 8.74. The van der Waals surface area contributed by atoms with Gasteiger partial charge in [0.1, 0.15) is 6.26 Å². The summed E-state index contributed by atoms with van der Waals surface area (Å²) >= 11 is 0. The van der Waals surface area contributed by atoms with Crippen LogP contribution in [0, 0.1) is 0 Å². The van der Waals surface area contributed by atoms with Crippen LogP contribution < -0.4 is 0 Å². The topological polar surface area (TPSA) is 72.6 Å². The molecular weight excluding hydrogens is 332 g/mol. The molecule has 26 heavy (non-hydrogen) atoms. The van der Waals surface area contributed by atoms with Crippen LogP contribution in [0.2, 0.25) is 0 Å². The van der Waals surface area contributed by atoms with E-state index in [0.717, 1.165) is 12.8 Å². The first kappa shape index (κ1) is 18.2. The molecule has 1 heterocycles. The van der Waals surface area contributed by atoms with Gasteiger partial charge in [0, 0.05) is 11.6 Å². The molecule has 138 valence electrons. The molecule has 3 rings (SSSR count). The lowest BCUT2D eigenvalue weighted by atomic mass is 9.86. The second-order valence-electron chi connectivity index (χ2n) is 7.61. The Labute approximate surface area is 153 Å². The molecular formula is C20H24N2O4. The second-order valence-corrected chi connectivity index (χ2v) is 7.61. The Bertz CT molecular complexity index is 798. The molecule has 0 spiro atoms. The average molecular weight is 356 g/mol. The summed E-state index contributed by atoms with van der Waals surface area (Å²) in [7, 11) is 1.29. The molecule has 0 radical (unpaired) electrons. The number of benzene rings is 1. The maximum Gasteiger partial charge on any atom is 0.360 e. The van der Waals surface area contributed by atoms with Gasteiger partial charge in [-0.05, 0) is 36.0 Å². The number of ether oxygens (including phenoxy) is 1. The van der Waals surface area contributed by atoms with Crippen molar-refractivity contribution in [2.24, 2.45) is 0 Å². The Morgan fingerprint density at radius 3 is 2.42 bits per heavy atom. The van der Waals surface area contributed by atoms with Crippen molar-refractivity contribution in [2.75, 3.05) is 7.11 Å². The minimum Gasteiger partial charge on any atom is -0.464 e. The quantitative estimate of drug-likeness (QED) is 0.766. The normalized spacial score (nSPS) is 14.2. The molecule has 2 aromatic rings. The second kappa shape index (κ2) is 6.94. The van der Waals surface area contributed by atoms with E-state index < -0.39 is 5.97 Å². The van der Waals surface area contributed by atoms with Crippen LogP contribution in [0.5, 0.6) is 0 Å². The Balaban J connectivity index is 1.76. The SMILES string of the molecule is COC(=O)c1coc(CN(C(=O)c2ccc(C(C)(C)C)cc2)C2CC2)n1. The molecule has 0 bridgehead atoms. The maximum absolute atomic E-state index is 13.0. The van der Waals surface area contributed by atoms with Crippen LogP contribution in [0.25, 0.3) is 0 Å². The third-order valence-electron chi connectivity index (χ3n) is 4.50. The highest BCUT2D eigenvalue weighted by atomic mass is 16.5. The van der Waals surface area contributed by atoms with E-state index in [9.17, 15) is 9.59 Å². The Hall–Kier alpha value is -2.63. The van der Waals surface area contributed by atoms with E-state index in [-0.39, 0.29) is 29.6 Å². The zero-order chi connectivity index (χ0) is 18.9. The van der Waals surface area contributed by atoms with Crippen molar-refractivity contribution in [1.29, 1.82) is 0 Å². The van der Waals surface area contributed by atoms with Gasteiger partial charge in [0.2, 0.25) is 5.89 Å². The van der Waals surface area contributed by atoms with Gasteiger partial charge < -0.3 is 14.1 Å². The zero-order valence-electron chi connectivity index (χ0n) is 15.6. The number of methoxy groups -OCH3 is 1. The van der Waals surface area contributed by atoms with Gasteiger partial charge >= 0.3 is 5.97 Å². The fourth-order valence-electron chi connectivity index (χ4n) is 2.76. The number of esters is 1. The van der Waals surface area contributed by atoms with E-state index in [1.54, 1.807) is 4.90 Å². The van der Waals surface area contributed by atoms with Crippen LogP contribution in [0.1, 0.15) is 65.9 Å². The van der Waals surface area contributed by atoms with Crippen molar-refractivity contribution >= 4 is 11.9 Å². The van der Waals surface area contributed by atoms with Gasteiger partial charge in [0.05, 0.1) is 13.7 Å². The van der Waals surface area contributed by atoms with Gasteiger partial charge in [-0.2, -0.15) is 0 Å². The van der Waals surface area contributed by atoms with Gasteiger partial charge in [-0.15, -0.1) is 0 Å². The van der Waals surface area contributed by atoms with Gasteiger partial charge in [-0.1, -0.05) is 32.9 Å². The molecule has 1 fully saturated rings. The molecule has 0 atom stereocenters. The van der Waals surface area contributed by atoms with Crippen molar-refractivity contribution in [1.82, 2.24) is 9.88 Å². The molecule has 1 aliphatic rings. The monoisotopic (exact) mass is 356 g/mol. The predicted octanol–water partition coefficient (Wildman–Crippen LogP) is 3.56. The number of nitrogens with zero attached hydrogens (tertiary/aromatic N) is 2. The van der Waals surface area contributed by atoms with Crippen molar-refractivity contribution < 1.29 is 18.7 Å². The lowest BCUT2D eigenvalue weighted by Crippen LogP contribution is -2.32. The average Bonchev–Trinajstić information content (AvgIpc) is 3.35.